The van der Waals surface area contributed by atoms with Crippen molar-refractivity contribution in [2.75, 3.05) is 13.1 Å². The summed E-state index contributed by atoms with van der Waals surface area (Å²) in [5.41, 5.74) is 6.03. The summed E-state index contributed by atoms with van der Waals surface area (Å²) >= 11 is 0. The van der Waals surface area contributed by atoms with Crippen molar-refractivity contribution in [3.8, 4) is 0 Å². The Hall–Kier alpha value is -1.41. The Morgan fingerprint density at radius 1 is 1.12 bits per heavy atom. The molecule has 8 heteroatoms. The average Bonchev–Trinajstić information content (AvgIpc) is 3.09. The number of halogens is 1. The van der Waals surface area contributed by atoms with E-state index >= 15 is 0 Å². The maximum Gasteiger partial charge on any atom is 0.336 e. The standard InChI is InChI=1S/C16H18N2O4S.ClH/c17-14-4-1-11-8-18(9-13(11)14)23(20,21)12-3-5-15-10(7-12)2-6-16(19)22-15;/h2-3,5-7,11,13-14H,1,4,8-9,17H2;1H. The van der Waals surface area contributed by atoms with Crippen LogP contribution in [0.4, 0.5) is 0 Å². The lowest BCUT2D eigenvalue weighted by Gasteiger charge is -2.18. The van der Waals surface area contributed by atoms with Gasteiger partial charge in [0.05, 0.1) is 4.90 Å². The molecule has 1 aliphatic carbocycles. The van der Waals surface area contributed by atoms with E-state index in [4.69, 9.17) is 10.2 Å². The summed E-state index contributed by atoms with van der Waals surface area (Å²) in [5.74, 6) is 0.640. The van der Waals surface area contributed by atoms with E-state index in [0.717, 1.165) is 12.8 Å². The number of hydrogen-bond acceptors (Lipinski definition) is 5. The van der Waals surface area contributed by atoms with Crippen LogP contribution in [0.5, 0.6) is 0 Å². The lowest BCUT2D eigenvalue weighted by Crippen LogP contribution is -2.33. The van der Waals surface area contributed by atoms with Crippen LogP contribution in [-0.2, 0) is 10.0 Å². The monoisotopic (exact) mass is 370 g/mol. The molecule has 0 amide bonds. The van der Waals surface area contributed by atoms with Gasteiger partial charge in [-0.3, -0.25) is 0 Å². The van der Waals surface area contributed by atoms with Gasteiger partial charge in [0.2, 0.25) is 10.0 Å². The summed E-state index contributed by atoms with van der Waals surface area (Å²) in [6.07, 6.45) is 1.99. The molecule has 0 spiro atoms. The third-order valence-corrected chi connectivity index (χ3v) is 6.94. The second-order valence-electron chi connectivity index (χ2n) is 6.44. The van der Waals surface area contributed by atoms with E-state index in [9.17, 15) is 13.2 Å². The van der Waals surface area contributed by atoms with Gasteiger partial charge in [0.25, 0.3) is 0 Å². The van der Waals surface area contributed by atoms with Gasteiger partial charge in [-0.1, -0.05) is 0 Å². The van der Waals surface area contributed by atoms with Gasteiger partial charge in [0.15, 0.2) is 0 Å². The van der Waals surface area contributed by atoms with Crippen LogP contribution in [0.3, 0.4) is 0 Å². The maximum atomic E-state index is 12.9. The number of benzene rings is 1. The largest absolute Gasteiger partial charge is 0.423 e. The number of nitrogens with two attached hydrogens (primary N) is 1. The Bertz CT molecular complexity index is 927. The fourth-order valence-corrected chi connectivity index (χ4v) is 5.39. The lowest BCUT2D eigenvalue weighted by molar-refractivity contribution is 0.427. The van der Waals surface area contributed by atoms with Crippen molar-refractivity contribution in [2.24, 2.45) is 17.6 Å². The predicted octanol–water partition coefficient (Wildman–Crippen LogP) is 1.57. The molecule has 2 N–H and O–H groups in total. The van der Waals surface area contributed by atoms with E-state index in [1.807, 2.05) is 0 Å². The third-order valence-electron chi connectivity index (χ3n) is 5.11. The predicted molar refractivity (Wildman–Crippen MR) is 92.7 cm³/mol. The van der Waals surface area contributed by atoms with Crippen LogP contribution >= 0.6 is 12.4 Å². The second-order valence-corrected chi connectivity index (χ2v) is 8.38. The molecule has 1 aromatic heterocycles. The van der Waals surface area contributed by atoms with Gasteiger partial charge in [-0.25, -0.2) is 13.2 Å². The molecule has 1 saturated heterocycles. The highest BCUT2D eigenvalue weighted by Gasteiger charge is 2.45. The summed E-state index contributed by atoms with van der Waals surface area (Å²) in [4.78, 5) is 11.4. The minimum absolute atomic E-state index is 0. The molecular formula is C16H19ClN2O4S. The van der Waals surface area contributed by atoms with Crippen molar-refractivity contribution in [1.29, 1.82) is 0 Å². The molecule has 3 unspecified atom stereocenters. The summed E-state index contributed by atoms with van der Waals surface area (Å²) in [7, 11) is -3.55. The van der Waals surface area contributed by atoms with Gasteiger partial charge in [-0.05, 0) is 48.9 Å². The van der Waals surface area contributed by atoms with E-state index in [-0.39, 0.29) is 29.3 Å². The molecule has 4 rings (SSSR count). The number of sulfonamides is 1. The molecule has 2 aliphatic rings. The first-order chi connectivity index (χ1) is 10.9. The number of nitrogens with zero attached hydrogens (tertiary/aromatic N) is 1. The first-order valence-corrected chi connectivity index (χ1v) is 9.19. The summed E-state index contributed by atoms with van der Waals surface area (Å²) in [5, 5.41) is 0.599. The summed E-state index contributed by atoms with van der Waals surface area (Å²) in [6.45, 7) is 1.04. The smallest absolute Gasteiger partial charge is 0.336 e. The first-order valence-electron chi connectivity index (χ1n) is 7.75. The molecular weight excluding hydrogens is 352 g/mol. The van der Waals surface area contributed by atoms with E-state index in [1.165, 1.54) is 18.2 Å². The number of hydrogen-bond donors (Lipinski definition) is 1. The zero-order valence-electron chi connectivity index (χ0n) is 12.9. The van der Waals surface area contributed by atoms with Crippen LogP contribution in [-0.4, -0.2) is 31.9 Å². The van der Waals surface area contributed by atoms with E-state index in [0.29, 0.717) is 30.0 Å². The topological polar surface area (TPSA) is 93.6 Å². The van der Waals surface area contributed by atoms with Crippen LogP contribution in [0.2, 0.25) is 0 Å². The van der Waals surface area contributed by atoms with E-state index in [1.54, 1.807) is 16.4 Å². The third kappa shape index (κ3) is 2.75. The molecule has 2 fully saturated rings. The fraction of sp³-hybridized carbons (Fsp3) is 0.438. The number of rotatable bonds is 2. The molecule has 6 nitrogen and oxygen atoms in total. The average molecular weight is 371 g/mol. The van der Waals surface area contributed by atoms with Gasteiger partial charge in [-0.15, -0.1) is 12.4 Å². The molecule has 3 atom stereocenters. The summed E-state index contributed by atoms with van der Waals surface area (Å²) < 4.78 is 32.3. The molecule has 2 heterocycles. The Balaban J connectivity index is 0.00000169. The Labute approximate surface area is 146 Å². The SMILES string of the molecule is Cl.NC1CCC2CN(S(=O)(=O)c3ccc4oc(=O)ccc4c3)CC12. The molecule has 0 bridgehead atoms. The minimum atomic E-state index is -3.55. The van der Waals surface area contributed by atoms with Crippen LogP contribution in [0.1, 0.15) is 12.8 Å². The zero-order chi connectivity index (χ0) is 16.2. The van der Waals surface area contributed by atoms with Crippen molar-refractivity contribution in [3.05, 3.63) is 40.8 Å². The molecule has 130 valence electrons. The Morgan fingerprint density at radius 2 is 1.92 bits per heavy atom. The quantitative estimate of drug-likeness (QED) is 0.810. The Kier molecular flexibility index (Phi) is 4.46. The van der Waals surface area contributed by atoms with E-state index in [2.05, 4.69) is 0 Å². The van der Waals surface area contributed by atoms with Crippen molar-refractivity contribution in [1.82, 2.24) is 4.31 Å². The number of fused-ring (bicyclic) bond motifs is 2. The molecule has 1 saturated carbocycles. The molecule has 1 aromatic carbocycles. The van der Waals surface area contributed by atoms with Crippen LogP contribution in [0, 0.1) is 11.8 Å². The highest BCUT2D eigenvalue weighted by molar-refractivity contribution is 7.89. The normalized spacial score (nSPS) is 27.1. The Morgan fingerprint density at radius 3 is 2.67 bits per heavy atom. The second kappa shape index (κ2) is 6.15. The van der Waals surface area contributed by atoms with Crippen LogP contribution in [0.15, 0.2) is 44.4 Å². The zero-order valence-corrected chi connectivity index (χ0v) is 14.6. The van der Waals surface area contributed by atoms with Crippen LogP contribution < -0.4 is 11.4 Å². The van der Waals surface area contributed by atoms with E-state index < -0.39 is 15.6 Å². The van der Waals surface area contributed by atoms with Gasteiger partial charge >= 0.3 is 5.63 Å². The minimum Gasteiger partial charge on any atom is -0.423 e. The summed E-state index contributed by atoms with van der Waals surface area (Å²) in [6, 6.07) is 7.56. The van der Waals surface area contributed by atoms with Gasteiger partial charge in [0.1, 0.15) is 5.58 Å². The molecule has 0 radical (unpaired) electrons. The van der Waals surface area contributed by atoms with Crippen molar-refractivity contribution in [2.45, 2.75) is 23.8 Å². The maximum absolute atomic E-state index is 12.9. The highest BCUT2D eigenvalue weighted by atomic mass is 35.5. The van der Waals surface area contributed by atoms with Crippen molar-refractivity contribution in [3.63, 3.8) is 0 Å². The molecule has 1 aliphatic heterocycles. The van der Waals surface area contributed by atoms with Gasteiger partial charge < -0.3 is 10.2 Å². The van der Waals surface area contributed by atoms with Crippen LogP contribution in [0.25, 0.3) is 11.0 Å². The first kappa shape index (κ1) is 17.4. The fourth-order valence-electron chi connectivity index (χ4n) is 3.82. The lowest BCUT2D eigenvalue weighted by atomic mass is 9.98. The molecule has 24 heavy (non-hydrogen) atoms. The molecule has 2 aromatic rings. The van der Waals surface area contributed by atoms with Gasteiger partial charge in [-0.2, -0.15) is 4.31 Å². The van der Waals surface area contributed by atoms with Crippen molar-refractivity contribution >= 4 is 33.4 Å². The highest BCUT2D eigenvalue weighted by Crippen LogP contribution is 2.39. The van der Waals surface area contributed by atoms with Gasteiger partial charge in [0, 0.05) is 30.6 Å². The van der Waals surface area contributed by atoms with Crippen molar-refractivity contribution < 1.29 is 12.8 Å².